The number of aryl methyl sites for hydroxylation is 2. The van der Waals surface area contributed by atoms with Gasteiger partial charge in [0.1, 0.15) is 38.5 Å². The summed E-state index contributed by atoms with van der Waals surface area (Å²) in [5, 5.41) is 13.1. The second kappa shape index (κ2) is 8.70. The van der Waals surface area contributed by atoms with E-state index in [0.29, 0.717) is 33.1 Å². The number of anilines is 2. The van der Waals surface area contributed by atoms with Crippen molar-refractivity contribution in [1.29, 1.82) is 0 Å². The van der Waals surface area contributed by atoms with Crippen LogP contribution in [0.2, 0.25) is 0 Å². The Balaban J connectivity index is 1.99. The third-order valence-corrected chi connectivity index (χ3v) is 5.51. The summed E-state index contributed by atoms with van der Waals surface area (Å²) in [5.41, 5.74) is 0.176. The highest BCUT2D eigenvalue weighted by molar-refractivity contribution is 7.20. The number of ether oxygens (including phenoxy) is 2. The van der Waals surface area contributed by atoms with Crippen LogP contribution >= 0.6 is 11.3 Å². The number of aromatic nitrogens is 2. The number of benzene rings is 1. The number of carbonyl (C=O) groups is 2. The molecule has 3 aromatic rings. The van der Waals surface area contributed by atoms with Gasteiger partial charge in [0.2, 0.25) is 0 Å². The minimum absolute atomic E-state index is 0.0825. The zero-order chi connectivity index (χ0) is 23.8. The van der Waals surface area contributed by atoms with Crippen LogP contribution in [0.1, 0.15) is 48.8 Å². The first-order valence-electron chi connectivity index (χ1n) is 9.83. The molecule has 1 unspecified atom stereocenters. The van der Waals surface area contributed by atoms with Gasteiger partial charge in [-0.25, -0.2) is 23.9 Å². The number of fused-ring (bicyclic) bond motifs is 1. The smallest absolute Gasteiger partial charge is 0.347 e. The first-order valence-corrected chi connectivity index (χ1v) is 10.6. The largest absolute Gasteiger partial charge is 0.477 e. The van der Waals surface area contributed by atoms with E-state index in [2.05, 4.69) is 15.3 Å². The number of carboxylic acids is 1. The number of thiophene rings is 1. The summed E-state index contributed by atoms with van der Waals surface area (Å²) >= 11 is 1.05. The third kappa shape index (κ3) is 5.13. The number of nitrogens with zero attached hydrogens (tertiary/aromatic N) is 2. The topological polar surface area (TPSA) is 111 Å². The van der Waals surface area contributed by atoms with Crippen LogP contribution in [0, 0.1) is 19.7 Å². The fraction of sp³-hybridized carbons (Fsp3) is 0.364. The number of rotatable bonds is 6. The number of carbonyl (C=O) groups excluding carboxylic acids is 1. The Hall–Kier alpha value is -3.27. The molecule has 1 aromatic carbocycles. The number of hydrogen-bond acceptors (Lipinski definition) is 8. The van der Waals surface area contributed by atoms with Gasteiger partial charge in [-0.1, -0.05) is 0 Å². The molecule has 0 aliphatic rings. The quantitative estimate of drug-likeness (QED) is 0.494. The highest BCUT2D eigenvalue weighted by atomic mass is 32.1. The lowest BCUT2D eigenvalue weighted by atomic mass is 10.2. The van der Waals surface area contributed by atoms with Crippen LogP contribution < -0.4 is 10.1 Å². The summed E-state index contributed by atoms with van der Waals surface area (Å²) in [6, 6.07) is 3.84. The van der Waals surface area contributed by atoms with Crippen molar-refractivity contribution in [2.24, 2.45) is 0 Å². The number of hydrogen-bond donors (Lipinski definition) is 2. The van der Waals surface area contributed by atoms with Crippen molar-refractivity contribution in [3.05, 3.63) is 40.3 Å². The maximum absolute atomic E-state index is 14.0. The molecule has 1 atom stereocenters. The van der Waals surface area contributed by atoms with Crippen LogP contribution in [0.15, 0.2) is 18.2 Å². The Labute approximate surface area is 188 Å². The van der Waals surface area contributed by atoms with E-state index in [4.69, 9.17) is 9.47 Å². The standard InChI is InChI=1S/C22H24FN3O5S/c1-10-16-18(24-12(3)25-19(16)32-17(10)20(27)28)26-14-8-7-13(23)9-15(14)30-11(2)21(29)31-22(4,5)6/h7-9,11H,1-6H3,(H,27,28)(H,24,25,26). The summed E-state index contributed by atoms with van der Waals surface area (Å²) in [5.74, 6) is -1.32. The number of aromatic carboxylic acids is 1. The van der Waals surface area contributed by atoms with Crippen LogP contribution in [-0.2, 0) is 9.53 Å². The molecule has 0 fully saturated rings. The van der Waals surface area contributed by atoms with Gasteiger partial charge in [-0.05, 0) is 59.2 Å². The number of carboxylic acid groups (broad SMARTS) is 1. The van der Waals surface area contributed by atoms with Gasteiger partial charge in [0.25, 0.3) is 0 Å². The molecule has 0 spiro atoms. The maximum atomic E-state index is 14.0. The molecular weight excluding hydrogens is 437 g/mol. The SMILES string of the molecule is Cc1nc(Nc2ccc(F)cc2OC(C)C(=O)OC(C)(C)C)c2c(C)c(C(=O)O)sc2n1. The van der Waals surface area contributed by atoms with Crippen molar-refractivity contribution in [3.8, 4) is 5.75 Å². The molecule has 170 valence electrons. The van der Waals surface area contributed by atoms with E-state index in [0.717, 1.165) is 17.4 Å². The van der Waals surface area contributed by atoms with Crippen molar-refractivity contribution in [2.45, 2.75) is 53.2 Å². The van der Waals surface area contributed by atoms with Crippen LogP contribution in [0.25, 0.3) is 10.2 Å². The van der Waals surface area contributed by atoms with Gasteiger partial charge in [0.05, 0.1) is 11.1 Å². The first-order chi connectivity index (χ1) is 14.9. The summed E-state index contributed by atoms with van der Waals surface area (Å²) in [4.78, 5) is 33.3. The minimum atomic E-state index is -1.05. The van der Waals surface area contributed by atoms with Crippen LogP contribution in [0.4, 0.5) is 15.9 Å². The van der Waals surface area contributed by atoms with Crippen LogP contribution in [0.5, 0.6) is 5.75 Å². The van der Waals surface area contributed by atoms with Gasteiger partial charge in [0, 0.05) is 6.07 Å². The number of halogens is 1. The Kier molecular flexibility index (Phi) is 6.36. The molecule has 2 aromatic heterocycles. The summed E-state index contributed by atoms with van der Waals surface area (Å²) in [7, 11) is 0. The lowest BCUT2D eigenvalue weighted by molar-refractivity contribution is -0.162. The van der Waals surface area contributed by atoms with E-state index >= 15 is 0 Å². The van der Waals surface area contributed by atoms with Crippen molar-refractivity contribution < 1.29 is 28.6 Å². The van der Waals surface area contributed by atoms with Gasteiger partial charge in [-0.2, -0.15) is 0 Å². The molecule has 0 saturated carbocycles. The molecule has 2 heterocycles. The Bertz CT molecular complexity index is 1200. The predicted molar refractivity (Wildman–Crippen MR) is 119 cm³/mol. The molecule has 0 amide bonds. The molecule has 10 heteroatoms. The second-order valence-corrected chi connectivity index (χ2v) is 9.22. The average Bonchev–Trinajstić information content (AvgIpc) is 2.99. The minimum Gasteiger partial charge on any atom is -0.477 e. The van der Waals surface area contributed by atoms with Crippen molar-refractivity contribution >= 4 is 45.0 Å². The maximum Gasteiger partial charge on any atom is 0.347 e. The molecule has 2 N–H and O–H groups in total. The van der Waals surface area contributed by atoms with E-state index in [1.807, 2.05) is 0 Å². The Morgan fingerprint density at radius 1 is 1.22 bits per heavy atom. The monoisotopic (exact) mass is 461 g/mol. The zero-order valence-electron chi connectivity index (χ0n) is 18.6. The van der Waals surface area contributed by atoms with Crippen molar-refractivity contribution in [1.82, 2.24) is 9.97 Å². The summed E-state index contributed by atoms with van der Waals surface area (Å²) in [6.45, 7) is 10.1. The molecule has 3 rings (SSSR count). The average molecular weight is 462 g/mol. The van der Waals surface area contributed by atoms with Crippen molar-refractivity contribution in [3.63, 3.8) is 0 Å². The van der Waals surface area contributed by atoms with Gasteiger partial charge < -0.3 is 19.9 Å². The van der Waals surface area contributed by atoms with Gasteiger partial charge >= 0.3 is 11.9 Å². The molecule has 0 aliphatic heterocycles. The Morgan fingerprint density at radius 2 is 1.91 bits per heavy atom. The van der Waals surface area contributed by atoms with Crippen LogP contribution in [0.3, 0.4) is 0 Å². The summed E-state index contributed by atoms with van der Waals surface area (Å²) < 4.78 is 25.0. The molecular formula is C22H24FN3O5S. The molecule has 0 bridgehead atoms. The van der Waals surface area contributed by atoms with E-state index in [1.54, 1.807) is 34.6 Å². The third-order valence-electron chi connectivity index (χ3n) is 4.34. The van der Waals surface area contributed by atoms with E-state index in [9.17, 15) is 19.1 Å². The molecule has 0 saturated heterocycles. The fourth-order valence-corrected chi connectivity index (χ4v) is 4.05. The van der Waals surface area contributed by atoms with E-state index in [-0.39, 0.29) is 10.6 Å². The van der Waals surface area contributed by atoms with Gasteiger partial charge in [0.15, 0.2) is 6.10 Å². The Morgan fingerprint density at radius 3 is 2.53 bits per heavy atom. The zero-order valence-corrected chi connectivity index (χ0v) is 19.4. The molecule has 8 nitrogen and oxygen atoms in total. The van der Waals surface area contributed by atoms with Gasteiger partial charge in [-0.15, -0.1) is 11.3 Å². The molecule has 0 aliphatic carbocycles. The highest BCUT2D eigenvalue weighted by Crippen LogP contribution is 2.37. The van der Waals surface area contributed by atoms with E-state index in [1.165, 1.54) is 19.1 Å². The fourth-order valence-electron chi connectivity index (χ4n) is 2.99. The van der Waals surface area contributed by atoms with Crippen molar-refractivity contribution in [2.75, 3.05) is 5.32 Å². The molecule has 32 heavy (non-hydrogen) atoms. The lowest BCUT2D eigenvalue weighted by Gasteiger charge is -2.23. The van der Waals surface area contributed by atoms with Gasteiger partial charge in [-0.3, -0.25) is 0 Å². The predicted octanol–water partition coefficient (Wildman–Crippen LogP) is 5.00. The molecule has 0 radical (unpaired) electrons. The normalized spacial score (nSPS) is 12.5. The second-order valence-electron chi connectivity index (χ2n) is 8.22. The summed E-state index contributed by atoms with van der Waals surface area (Å²) in [6.07, 6.45) is -0.995. The number of nitrogens with one attached hydrogen (secondary N) is 1. The highest BCUT2D eigenvalue weighted by Gasteiger charge is 2.25. The number of esters is 1. The lowest BCUT2D eigenvalue weighted by Crippen LogP contribution is -2.33. The first kappa shape index (κ1) is 23.4. The van der Waals surface area contributed by atoms with Crippen LogP contribution in [-0.4, -0.2) is 38.7 Å². The van der Waals surface area contributed by atoms with E-state index < -0.39 is 29.5 Å².